The number of fused-ring (bicyclic) bond motifs is 2. The van der Waals surface area contributed by atoms with Crippen LogP contribution in [0, 0.1) is 0 Å². The number of nitrogens with zero attached hydrogens (tertiary/aromatic N) is 3. The van der Waals surface area contributed by atoms with Crippen LogP contribution >= 0.6 is 0 Å². The average molecular weight is 405 g/mol. The minimum atomic E-state index is 0.495. The minimum Gasteiger partial charge on any atom is -0.486 e. The molecule has 6 heteroatoms. The number of aromatic nitrogens is 2. The van der Waals surface area contributed by atoms with E-state index in [1.807, 2.05) is 23.9 Å². The molecule has 0 fully saturated rings. The Morgan fingerprint density at radius 2 is 1.83 bits per heavy atom. The summed E-state index contributed by atoms with van der Waals surface area (Å²) >= 11 is 0. The number of ether oxygens (including phenoxy) is 2. The van der Waals surface area contributed by atoms with E-state index in [1.165, 1.54) is 16.7 Å². The molecule has 1 atom stereocenters. The molecule has 1 N–H and O–H groups in total. The molecule has 0 bridgehead atoms. The summed E-state index contributed by atoms with van der Waals surface area (Å²) in [4.78, 5) is 2.44. The fourth-order valence-electron chi connectivity index (χ4n) is 4.42. The maximum absolute atomic E-state index is 5.75. The van der Waals surface area contributed by atoms with Crippen LogP contribution in [0.2, 0.25) is 0 Å². The molecule has 2 aliphatic rings. The normalized spacial score (nSPS) is 18.3. The van der Waals surface area contributed by atoms with Crippen molar-refractivity contribution in [2.24, 2.45) is 7.05 Å². The average Bonchev–Trinajstić information content (AvgIpc) is 3.14. The first-order chi connectivity index (χ1) is 14.7. The highest BCUT2D eigenvalue weighted by molar-refractivity contribution is 5.66. The van der Waals surface area contributed by atoms with Crippen molar-refractivity contribution in [3.8, 4) is 22.8 Å². The first-order valence-corrected chi connectivity index (χ1v) is 10.6. The third kappa shape index (κ3) is 3.80. The van der Waals surface area contributed by atoms with Gasteiger partial charge >= 0.3 is 0 Å². The second-order valence-corrected chi connectivity index (χ2v) is 8.21. The second kappa shape index (κ2) is 8.13. The molecule has 3 heterocycles. The van der Waals surface area contributed by atoms with Gasteiger partial charge in [0.25, 0.3) is 0 Å². The number of likely N-dealkylation sites (N-methyl/N-ethyl adjacent to an activating group) is 1. The molecule has 0 spiro atoms. The van der Waals surface area contributed by atoms with Crippen molar-refractivity contribution in [3.05, 3.63) is 65.4 Å². The van der Waals surface area contributed by atoms with Gasteiger partial charge in [-0.1, -0.05) is 24.3 Å². The van der Waals surface area contributed by atoms with Gasteiger partial charge in [-0.15, -0.1) is 0 Å². The lowest BCUT2D eigenvalue weighted by Crippen LogP contribution is -2.44. The fourth-order valence-corrected chi connectivity index (χ4v) is 4.42. The van der Waals surface area contributed by atoms with Crippen LogP contribution in [0.1, 0.15) is 16.7 Å². The standard InChI is InChI=1S/C24H28N4O2/c1-27-15-19-6-4-3-5-17(19)11-21(27)14-25-13-20-16-28(2)26-24(20)18-7-8-22-23(12-18)30-10-9-29-22/h3-8,12,16,21,25H,9-11,13-15H2,1-2H3/t21-/m1/s1. The quantitative estimate of drug-likeness (QED) is 0.709. The van der Waals surface area contributed by atoms with E-state index in [-0.39, 0.29) is 0 Å². The molecular weight excluding hydrogens is 376 g/mol. The number of hydrogen-bond acceptors (Lipinski definition) is 5. The van der Waals surface area contributed by atoms with Gasteiger partial charge in [0, 0.05) is 50.0 Å². The molecule has 0 radical (unpaired) electrons. The predicted octanol–water partition coefficient (Wildman–Crippen LogP) is 3.00. The van der Waals surface area contributed by atoms with E-state index in [2.05, 4.69) is 53.8 Å². The summed E-state index contributed by atoms with van der Waals surface area (Å²) in [6.07, 6.45) is 3.18. The van der Waals surface area contributed by atoms with E-state index < -0.39 is 0 Å². The van der Waals surface area contributed by atoms with Gasteiger partial charge in [-0.3, -0.25) is 9.58 Å². The van der Waals surface area contributed by atoms with E-state index in [9.17, 15) is 0 Å². The van der Waals surface area contributed by atoms with Gasteiger partial charge in [0.05, 0.1) is 5.69 Å². The Kier molecular flexibility index (Phi) is 5.19. The van der Waals surface area contributed by atoms with E-state index in [0.29, 0.717) is 19.3 Å². The van der Waals surface area contributed by atoms with Crippen LogP contribution in [0.3, 0.4) is 0 Å². The van der Waals surface area contributed by atoms with Crippen molar-refractivity contribution < 1.29 is 9.47 Å². The number of benzene rings is 2. The Morgan fingerprint density at radius 1 is 1.03 bits per heavy atom. The van der Waals surface area contributed by atoms with E-state index in [1.54, 1.807) is 0 Å². The third-order valence-electron chi connectivity index (χ3n) is 6.03. The maximum atomic E-state index is 5.75. The topological polar surface area (TPSA) is 51.6 Å². The maximum Gasteiger partial charge on any atom is 0.162 e. The van der Waals surface area contributed by atoms with E-state index in [4.69, 9.17) is 14.6 Å². The molecule has 0 saturated heterocycles. The fraction of sp³-hybridized carbons (Fsp3) is 0.375. The Hall–Kier alpha value is -2.83. The van der Waals surface area contributed by atoms with E-state index >= 15 is 0 Å². The molecule has 30 heavy (non-hydrogen) atoms. The van der Waals surface area contributed by atoms with Crippen molar-refractivity contribution >= 4 is 0 Å². The summed E-state index contributed by atoms with van der Waals surface area (Å²) in [5.41, 5.74) is 6.16. The number of aryl methyl sites for hydroxylation is 1. The van der Waals surface area contributed by atoms with Crippen molar-refractivity contribution in [3.63, 3.8) is 0 Å². The van der Waals surface area contributed by atoms with Crippen molar-refractivity contribution in [1.82, 2.24) is 20.0 Å². The molecule has 5 rings (SSSR count). The second-order valence-electron chi connectivity index (χ2n) is 8.21. The van der Waals surface area contributed by atoms with Gasteiger partial charge in [-0.25, -0.2) is 0 Å². The molecule has 6 nitrogen and oxygen atoms in total. The zero-order valence-electron chi connectivity index (χ0n) is 17.6. The van der Waals surface area contributed by atoms with Crippen molar-refractivity contribution in [1.29, 1.82) is 0 Å². The molecule has 156 valence electrons. The van der Waals surface area contributed by atoms with Gasteiger partial charge in [0.15, 0.2) is 11.5 Å². The highest BCUT2D eigenvalue weighted by Gasteiger charge is 2.23. The predicted molar refractivity (Wildman–Crippen MR) is 117 cm³/mol. The molecule has 0 unspecified atom stereocenters. The Labute approximate surface area is 177 Å². The summed E-state index contributed by atoms with van der Waals surface area (Å²) < 4.78 is 13.3. The highest BCUT2D eigenvalue weighted by Crippen LogP contribution is 2.35. The van der Waals surface area contributed by atoms with Crippen LogP contribution in [0.15, 0.2) is 48.7 Å². The molecule has 0 aliphatic carbocycles. The SMILES string of the molecule is CN1Cc2ccccc2C[C@@H]1CNCc1cn(C)nc1-c1ccc2c(c1)OCCO2. The monoisotopic (exact) mass is 404 g/mol. The summed E-state index contributed by atoms with van der Waals surface area (Å²) in [6, 6.07) is 15.3. The zero-order chi connectivity index (χ0) is 20.5. The smallest absolute Gasteiger partial charge is 0.162 e. The van der Waals surface area contributed by atoms with Crippen LogP contribution in [0.4, 0.5) is 0 Å². The lowest BCUT2D eigenvalue weighted by molar-refractivity contribution is 0.171. The summed E-state index contributed by atoms with van der Waals surface area (Å²) in [5, 5.41) is 8.38. The summed E-state index contributed by atoms with van der Waals surface area (Å²) in [5.74, 6) is 1.60. The van der Waals surface area contributed by atoms with Crippen LogP contribution < -0.4 is 14.8 Å². The largest absolute Gasteiger partial charge is 0.486 e. The molecule has 1 aromatic heterocycles. The number of hydrogen-bond donors (Lipinski definition) is 1. The lowest BCUT2D eigenvalue weighted by Gasteiger charge is -2.34. The lowest BCUT2D eigenvalue weighted by atomic mass is 9.94. The molecule has 2 aliphatic heterocycles. The van der Waals surface area contributed by atoms with Crippen molar-refractivity contribution in [2.75, 3.05) is 26.8 Å². The van der Waals surface area contributed by atoms with Gasteiger partial charge < -0.3 is 14.8 Å². The van der Waals surface area contributed by atoms with E-state index in [0.717, 1.165) is 48.8 Å². The number of nitrogens with one attached hydrogen (secondary N) is 1. The molecule has 0 amide bonds. The Morgan fingerprint density at radius 3 is 2.70 bits per heavy atom. The van der Waals surface area contributed by atoms with Gasteiger partial charge in [-0.05, 0) is 42.8 Å². The summed E-state index contributed by atoms with van der Waals surface area (Å²) in [7, 11) is 4.18. The van der Waals surface area contributed by atoms with Crippen LogP contribution in [-0.2, 0) is 26.6 Å². The van der Waals surface area contributed by atoms with Gasteiger partial charge in [0.1, 0.15) is 13.2 Å². The minimum absolute atomic E-state index is 0.495. The zero-order valence-corrected chi connectivity index (χ0v) is 17.6. The molecular formula is C24H28N4O2. The Bertz CT molecular complexity index is 1050. The molecule has 3 aromatic rings. The third-order valence-corrected chi connectivity index (χ3v) is 6.03. The van der Waals surface area contributed by atoms with Crippen LogP contribution in [0.5, 0.6) is 11.5 Å². The van der Waals surface area contributed by atoms with Crippen LogP contribution in [0.25, 0.3) is 11.3 Å². The van der Waals surface area contributed by atoms with Gasteiger partial charge in [0.2, 0.25) is 0 Å². The molecule has 2 aromatic carbocycles. The Balaban J connectivity index is 1.28. The number of rotatable bonds is 5. The highest BCUT2D eigenvalue weighted by atomic mass is 16.6. The first kappa shape index (κ1) is 19.2. The van der Waals surface area contributed by atoms with Crippen LogP contribution in [-0.4, -0.2) is 47.5 Å². The first-order valence-electron chi connectivity index (χ1n) is 10.6. The van der Waals surface area contributed by atoms with Crippen molar-refractivity contribution in [2.45, 2.75) is 25.6 Å². The summed E-state index contributed by atoms with van der Waals surface area (Å²) in [6.45, 7) is 3.93. The molecule has 0 saturated carbocycles. The van der Waals surface area contributed by atoms with Gasteiger partial charge in [-0.2, -0.15) is 5.10 Å².